The van der Waals surface area contributed by atoms with Crippen molar-refractivity contribution in [3.63, 3.8) is 0 Å². The Balaban J connectivity index is 1.83. The average molecular weight is 448 g/mol. The third kappa shape index (κ3) is 5.47. The maximum Gasteiger partial charge on any atom is 0.319 e. The van der Waals surface area contributed by atoms with Crippen LogP contribution in [0, 0.1) is 17.0 Å². The van der Waals surface area contributed by atoms with E-state index in [9.17, 15) is 24.5 Å². The molecule has 33 heavy (non-hydrogen) atoms. The van der Waals surface area contributed by atoms with Crippen LogP contribution >= 0.6 is 0 Å². The molecule has 0 unspecified atom stereocenters. The summed E-state index contributed by atoms with van der Waals surface area (Å²) in [5, 5.41) is 23.2. The number of para-hydroxylation sites is 2. The van der Waals surface area contributed by atoms with Gasteiger partial charge in [-0.15, -0.1) is 6.58 Å². The number of anilines is 2. The zero-order valence-corrected chi connectivity index (χ0v) is 17.6. The molecular formula is C22H20N6O5. The third-order valence-electron chi connectivity index (χ3n) is 4.44. The predicted octanol–water partition coefficient (Wildman–Crippen LogP) is 3.01. The minimum Gasteiger partial charge on any atom is -0.334 e. The van der Waals surface area contributed by atoms with Gasteiger partial charge in [0.1, 0.15) is 5.69 Å². The molecule has 168 valence electrons. The Morgan fingerprint density at radius 2 is 1.76 bits per heavy atom. The van der Waals surface area contributed by atoms with Crippen LogP contribution in [0.2, 0.25) is 0 Å². The molecule has 0 bridgehead atoms. The zero-order valence-electron chi connectivity index (χ0n) is 17.6. The fourth-order valence-electron chi connectivity index (χ4n) is 2.91. The Hall–Kier alpha value is -4.80. The Labute approximate surface area is 187 Å². The smallest absolute Gasteiger partial charge is 0.319 e. The van der Waals surface area contributed by atoms with Crippen LogP contribution in [-0.2, 0) is 0 Å². The summed E-state index contributed by atoms with van der Waals surface area (Å²) in [5.74, 6) is -0.781. The first-order chi connectivity index (χ1) is 15.8. The molecule has 0 saturated carbocycles. The van der Waals surface area contributed by atoms with E-state index in [0.29, 0.717) is 23.6 Å². The highest BCUT2D eigenvalue weighted by molar-refractivity contribution is 6.02. The summed E-state index contributed by atoms with van der Waals surface area (Å²) in [5.41, 5.74) is 0.0261. The van der Waals surface area contributed by atoms with E-state index in [1.807, 2.05) is 0 Å². The molecule has 1 heterocycles. The van der Waals surface area contributed by atoms with E-state index in [1.54, 1.807) is 31.2 Å². The molecule has 2 aromatic carbocycles. The van der Waals surface area contributed by atoms with Crippen molar-refractivity contribution in [2.75, 3.05) is 17.2 Å². The van der Waals surface area contributed by atoms with Gasteiger partial charge in [0.25, 0.3) is 11.6 Å². The van der Waals surface area contributed by atoms with Crippen LogP contribution in [0.5, 0.6) is 0 Å². The number of nitro benzene ring substituents is 1. The molecule has 0 aliphatic rings. The quantitative estimate of drug-likeness (QED) is 0.287. The minimum atomic E-state index is -0.781. The van der Waals surface area contributed by atoms with Crippen LogP contribution in [-0.4, -0.2) is 33.2 Å². The van der Waals surface area contributed by atoms with Gasteiger partial charge in [-0.1, -0.05) is 18.2 Å². The van der Waals surface area contributed by atoms with Gasteiger partial charge >= 0.3 is 6.03 Å². The van der Waals surface area contributed by atoms with Crippen LogP contribution in [0.15, 0.2) is 72.0 Å². The molecule has 0 aliphatic carbocycles. The van der Waals surface area contributed by atoms with Gasteiger partial charge in [0.15, 0.2) is 5.69 Å². The van der Waals surface area contributed by atoms with Crippen molar-refractivity contribution in [3.8, 4) is 5.69 Å². The van der Waals surface area contributed by atoms with Gasteiger partial charge in [-0.3, -0.25) is 19.7 Å². The SMILES string of the molecule is C=CCNC(=O)Nc1ccc(NC(=O)c2nn(-c3ccccc3[N+](=O)[O-])c(C)cc2=O)cc1. The molecule has 11 heteroatoms. The molecule has 3 amide bonds. The third-order valence-corrected chi connectivity index (χ3v) is 4.44. The lowest BCUT2D eigenvalue weighted by molar-refractivity contribution is -0.384. The van der Waals surface area contributed by atoms with Gasteiger partial charge in [0.05, 0.1) is 4.92 Å². The summed E-state index contributed by atoms with van der Waals surface area (Å²) in [7, 11) is 0. The molecule has 0 saturated heterocycles. The summed E-state index contributed by atoms with van der Waals surface area (Å²) in [4.78, 5) is 47.6. The summed E-state index contributed by atoms with van der Waals surface area (Å²) in [6.07, 6.45) is 1.54. The van der Waals surface area contributed by atoms with Gasteiger partial charge in [-0.25, -0.2) is 9.48 Å². The molecule has 0 atom stereocenters. The second kappa shape index (κ2) is 10.0. The predicted molar refractivity (Wildman–Crippen MR) is 123 cm³/mol. The number of aromatic nitrogens is 2. The number of rotatable bonds is 7. The van der Waals surface area contributed by atoms with Gasteiger partial charge in [-0.2, -0.15) is 5.10 Å². The number of nitrogens with zero attached hydrogens (tertiary/aromatic N) is 3. The fraction of sp³-hybridized carbons (Fsp3) is 0.0909. The first kappa shape index (κ1) is 22.9. The Morgan fingerprint density at radius 1 is 1.12 bits per heavy atom. The molecule has 3 N–H and O–H groups in total. The monoisotopic (exact) mass is 448 g/mol. The second-order valence-electron chi connectivity index (χ2n) is 6.81. The molecule has 3 aromatic rings. The van der Waals surface area contributed by atoms with Gasteiger partial charge in [0.2, 0.25) is 5.43 Å². The van der Waals surface area contributed by atoms with Crippen molar-refractivity contribution < 1.29 is 14.5 Å². The first-order valence-corrected chi connectivity index (χ1v) is 9.72. The molecule has 0 spiro atoms. The number of carbonyl (C=O) groups excluding carboxylic acids is 2. The van der Waals surface area contributed by atoms with Crippen molar-refractivity contribution in [1.29, 1.82) is 0 Å². The molecular weight excluding hydrogens is 428 g/mol. The lowest BCUT2D eigenvalue weighted by atomic mass is 10.2. The maximum absolute atomic E-state index is 12.7. The Bertz CT molecular complexity index is 1280. The molecule has 0 fully saturated rings. The van der Waals surface area contributed by atoms with E-state index >= 15 is 0 Å². The molecule has 1 aromatic heterocycles. The Morgan fingerprint density at radius 3 is 2.39 bits per heavy atom. The summed E-state index contributed by atoms with van der Waals surface area (Å²) >= 11 is 0. The standard InChI is InChI=1S/C22H20N6O5/c1-3-12-23-22(31)25-16-10-8-15(9-11-16)24-21(30)20-19(29)13-14(2)27(26-20)17-6-4-5-7-18(17)28(32)33/h3-11,13H,1,12H2,2H3,(H,24,30)(H2,23,25,31). The number of aryl methyl sites for hydroxylation is 1. The number of amides is 3. The lowest BCUT2D eigenvalue weighted by Crippen LogP contribution is -2.28. The highest BCUT2D eigenvalue weighted by atomic mass is 16.6. The zero-order chi connectivity index (χ0) is 24.0. The normalized spacial score (nSPS) is 10.2. The van der Waals surface area contributed by atoms with Crippen molar-refractivity contribution in [2.45, 2.75) is 6.92 Å². The summed E-state index contributed by atoms with van der Waals surface area (Å²) in [6, 6.07) is 12.9. The van der Waals surface area contributed by atoms with Crippen LogP contribution in [0.1, 0.15) is 16.2 Å². The van der Waals surface area contributed by atoms with Crippen LogP contribution in [0.4, 0.5) is 21.9 Å². The number of benzene rings is 2. The van der Waals surface area contributed by atoms with Gasteiger partial charge in [0, 0.05) is 35.7 Å². The van der Waals surface area contributed by atoms with E-state index in [2.05, 4.69) is 27.6 Å². The number of carbonyl (C=O) groups is 2. The van der Waals surface area contributed by atoms with Crippen LogP contribution < -0.4 is 21.4 Å². The Kier molecular flexibility index (Phi) is 6.94. The largest absolute Gasteiger partial charge is 0.334 e. The topological polar surface area (TPSA) is 148 Å². The van der Waals surface area contributed by atoms with Gasteiger partial charge in [-0.05, 0) is 37.3 Å². The highest BCUT2D eigenvalue weighted by Gasteiger charge is 2.20. The van der Waals surface area contributed by atoms with E-state index in [1.165, 1.54) is 41.1 Å². The molecule has 11 nitrogen and oxygen atoms in total. The summed E-state index contributed by atoms with van der Waals surface area (Å²) < 4.78 is 1.18. The van der Waals surface area contributed by atoms with E-state index in [-0.39, 0.29) is 11.4 Å². The highest BCUT2D eigenvalue weighted by Crippen LogP contribution is 2.22. The summed E-state index contributed by atoms with van der Waals surface area (Å²) in [6.45, 7) is 5.38. The molecule has 3 rings (SSSR count). The fourth-order valence-corrected chi connectivity index (χ4v) is 2.91. The van der Waals surface area contributed by atoms with Crippen LogP contribution in [0.25, 0.3) is 5.69 Å². The lowest BCUT2D eigenvalue weighted by Gasteiger charge is -2.12. The van der Waals surface area contributed by atoms with Crippen molar-refractivity contribution in [2.24, 2.45) is 0 Å². The number of urea groups is 1. The maximum atomic E-state index is 12.7. The molecule has 0 radical (unpaired) electrons. The van der Waals surface area contributed by atoms with Crippen molar-refractivity contribution in [1.82, 2.24) is 15.1 Å². The van der Waals surface area contributed by atoms with E-state index in [4.69, 9.17) is 0 Å². The van der Waals surface area contributed by atoms with E-state index < -0.39 is 28.0 Å². The number of nitro groups is 1. The van der Waals surface area contributed by atoms with Gasteiger partial charge < -0.3 is 16.0 Å². The van der Waals surface area contributed by atoms with Crippen molar-refractivity contribution >= 4 is 29.0 Å². The average Bonchev–Trinajstić information content (AvgIpc) is 2.79. The minimum absolute atomic E-state index is 0.124. The van der Waals surface area contributed by atoms with Crippen LogP contribution in [0.3, 0.4) is 0 Å². The number of hydrogen-bond donors (Lipinski definition) is 3. The van der Waals surface area contributed by atoms with E-state index in [0.717, 1.165) is 0 Å². The number of hydrogen-bond acceptors (Lipinski definition) is 6. The molecule has 0 aliphatic heterocycles. The number of nitrogens with one attached hydrogen (secondary N) is 3. The van der Waals surface area contributed by atoms with Crippen molar-refractivity contribution in [3.05, 3.63) is 99.0 Å². The first-order valence-electron chi connectivity index (χ1n) is 9.72. The second-order valence-corrected chi connectivity index (χ2v) is 6.81.